The first-order chi connectivity index (χ1) is 21.0. The molecule has 0 aliphatic heterocycles. The molecule has 0 aromatic heterocycles. The summed E-state index contributed by atoms with van der Waals surface area (Å²) in [5.41, 5.74) is 7.40. The van der Waals surface area contributed by atoms with Crippen LogP contribution in [-0.2, 0) is 37.1 Å². The summed E-state index contributed by atoms with van der Waals surface area (Å²) >= 11 is 0. The van der Waals surface area contributed by atoms with E-state index in [0.29, 0.717) is 43.7 Å². The van der Waals surface area contributed by atoms with Crippen LogP contribution in [0.15, 0.2) is 48.5 Å². The van der Waals surface area contributed by atoms with Crippen molar-refractivity contribution in [2.24, 2.45) is 11.7 Å². The van der Waals surface area contributed by atoms with Crippen LogP contribution >= 0.6 is 0 Å². The van der Waals surface area contributed by atoms with Crippen molar-refractivity contribution in [3.05, 3.63) is 71.3 Å². The Kier molecular flexibility index (Phi) is 14.0. The summed E-state index contributed by atoms with van der Waals surface area (Å²) in [4.78, 5) is 26.4. The van der Waals surface area contributed by atoms with Crippen LogP contribution in [-0.4, -0.2) is 62.8 Å². The predicted octanol–water partition coefficient (Wildman–Crippen LogP) is 4.42. The van der Waals surface area contributed by atoms with Crippen LogP contribution in [0.25, 0.3) is 0 Å². The zero-order valence-corrected chi connectivity index (χ0v) is 26.3. The molecule has 244 valence electrons. The van der Waals surface area contributed by atoms with E-state index in [1.54, 1.807) is 24.3 Å². The summed E-state index contributed by atoms with van der Waals surface area (Å²) in [6.45, 7) is 4.49. The first-order valence-electron chi connectivity index (χ1n) is 15.3. The molecule has 0 radical (unpaired) electrons. The molecule has 3 atom stereocenters. The van der Waals surface area contributed by atoms with Crippen LogP contribution < -0.4 is 16.4 Å². The summed E-state index contributed by atoms with van der Waals surface area (Å²) in [5.74, 6) is -2.68. The SMILES string of the molecule is CCCC(CCC)S(=O)(=O)C[C@H](NC(=O)OCc1ccccc1)C(=O)O[C@H](CNCC1CC1)[C@@H](N)Cc1cc(F)cc(F)c1. The number of carbonyl (C=O) groups is 2. The zero-order valence-electron chi connectivity index (χ0n) is 25.5. The number of ether oxygens (including phenoxy) is 2. The Balaban J connectivity index is 1.79. The average Bonchev–Trinajstić information content (AvgIpc) is 3.79. The van der Waals surface area contributed by atoms with Gasteiger partial charge in [-0.25, -0.2) is 26.8 Å². The smallest absolute Gasteiger partial charge is 0.408 e. The lowest BCUT2D eigenvalue weighted by molar-refractivity contribution is -0.151. The van der Waals surface area contributed by atoms with E-state index in [1.807, 2.05) is 19.9 Å². The molecule has 1 fully saturated rings. The van der Waals surface area contributed by atoms with Crippen molar-refractivity contribution in [1.82, 2.24) is 10.6 Å². The molecule has 4 N–H and O–H groups in total. The molecule has 1 saturated carbocycles. The van der Waals surface area contributed by atoms with E-state index in [4.69, 9.17) is 15.2 Å². The number of rotatable bonds is 19. The van der Waals surface area contributed by atoms with Crippen molar-refractivity contribution in [3.8, 4) is 0 Å². The number of hydrogen-bond donors (Lipinski definition) is 3. The van der Waals surface area contributed by atoms with Gasteiger partial charge in [0.2, 0.25) is 0 Å². The summed E-state index contributed by atoms with van der Waals surface area (Å²) < 4.78 is 65.6. The number of alkyl carbamates (subject to hydrolysis) is 1. The number of esters is 1. The second-order valence-corrected chi connectivity index (χ2v) is 13.8. The first kappa shape index (κ1) is 35.4. The normalized spacial score (nSPS) is 15.4. The van der Waals surface area contributed by atoms with Gasteiger partial charge in [0.05, 0.1) is 11.0 Å². The molecule has 1 aliphatic carbocycles. The third-order valence-electron chi connectivity index (χ3n) is 7.53. The van der Waals surface area contributed by atoms with Gasteiger partial charge in [-0.05, 0) is 67.8 Å². The number of hydrogen-bond acceptors (Lipinski definition) is 8. The van der Waals surface area contributed by atoms with E-state index in [9.17, 15) is 26.8 Å². The molecule has 9 nitrogen and oxygen atoms in total. The van der Waals surface area contributed by atoms with Gasteiger partial charge in [-0.2, -0.15) is 0 Å². The topological polar surface area (TPSA) is 137 Å². The molecule has 12 heteroatoms. The maximum Gasteiger partial charge on any atom is 0.408 e. The maximum atomic E-state index is 13.8. The van der Waals surface area contributed by atoms with Crippen LogP contribution in [0.5, 0.6) is 0 Å². The van der Waals surface area contributed by atoms with Crippen molar-refractivity contribution in [2.45, 2.75) is 88.8 Å². The van der Waals surface area contributed by atoms with Gasteiger partial charge < -0.3 is 25.8 Å². The summed E-state index contributed by atoms with van der Waals surface area (Å²) in [6.07, 6.45) is 2.29. The van der Waals surface area contributed by atoms with Gasteiger partial charge in [-0.3, -0.25) is 0 Å². The number of nitrogens with one attached hydrogen (secondary N) is 2. The van der Waals surface area contributed by atoms with Gasteiger partial charge in [-0.1, -0.05) is 57.0 Å². The summed E-state index contributed by atoms with van der Waals surface area (Å²) in [5, 5.41) is 4.94. The van der Waals surface area contributed by atoms with Crippen LogP contribution in [0.1, 0.15) is 63.5 Å². The molecule has 1 amide bonds. The first-order valence-corrected chi connectivity index (χ1v) is 17.0. The van der Waals surface area contributed by atoms with E-state index < -0.39 is 62.7 Å². The Bertz CT molecular complexity index is 1280. The van der Waals surface area contributed by atoms with E-state index >= 15 is 0 Å². The molecule has 0 spiro atoms. The van der Waals surface area contributed by atoms with Gasteiger partial charge in [0, 0.05) is 18.7 Å². The van der Waals surface area contributed by atoms with E-state index in [2.05, 4.69) is 10.6 Å². The van der Waals surface area contributed by atoms with Crippen molar-refractivity contribution < 1.29 is 36.3 Å². The highest BCUT2D eigenvalue weighted by atomic mass is 32.2. The van der Waals surface area contributed by atoms with Gasteiger partial charge in [0.25, 0.3) is 0 Å². The Morgan fingerprint density at radius 1 is 1.00 bits per heavy atom. The molecule has 3 rings (SSSR count). The number of amides is 1. The standard InChI is InChI=1S/C32H45F2N3O6S/c1-3-8-27(9-4-2)44(40,41)21-29(37-32(39)42-20-23-10-6-5-7-11-23)31(38)43-30(19-36-18-22-12-13-22)28(35)16-24-14-25(33)17-26(34)15-24/h5-7,10-11,14-15,17,22,27-30,36H,3-4,8-9,12-13,16,18-21,35H2,1-2H3,(H,37,39)/t28-,29-,30+/m0/s1. The largest absolute Gasteiger partial charge is 0.458 e. The number of benzene rings is 2. The fraction of sp³-hybridized carbons (Fsp3) is 0.562. The Morgan fingerprint density at radius 3 is 2.23 bits per heavy atom. The van der Waals surface area contributed by atoms with Crippen LogP contribution in [0, 0.1) is 17.6 Å². The highest BCUT2D eigenvalue weighted by Crippen LogP contribution is 2.27. The Hall–Kier alpha value is -3.09. The lowest BCUT2D eigenvalue weighted by Crippen LogP contribution is -2.52. The number of nitrogens with two attached hydrogens (primary N) is 1. The van der Waals surface area contributed by atoms with Gasteiger partial charge >= 0.3 is 12.1 Å². The zero-order chi connectivity index (χ0) is 32.1. The summed E-state index contributed by atoms with van der Waals surface area (Å²) in [6, 6.07) is 9.50. The molecular weight excluding hydrogens is 592 g/mol. The molecule has 0 bridgehead atoms. The fourth-order valence-corrected chi connectivity index (χ4v) is 7.13. The second-order valence-electron chi connectivity index (χ2n) is 11.5. The molecular formula is C32H45F2N3O6S. The van der Waals surface area contributed by atoms with Crippen molar-refractivity contribution in [2.75, 3.05) is 18.8 Å². The quantitative estimate of drug-likeness (QED) is 0.193. The molecule has 1 aliphatic rings. The highest BCUT2D eigenvalue weighted by molar-refractivity contribution is 7.92. The average molecular weight is 638 g/mol. The highest BCUT2D eigenvalue weighted by Gasteiger charge is 2.35. The fourth-order valence-electron chi connectivity index (χ4n) is 4.99. The van der Waals surface area contributed by atoms with Crippen molar-refractivity contribution in [3.63, 3.8) is 0 Å². The predicted molar refractivity (Wildman–Crippen MR) is 164 cm³/mol. The van der Waals surface area contributed by atoms with E-state index in [1.165, 1.54) is 0 Å². The summed E-state index contributed by atoms with van der Waals surface area (Å²) in [7, 11) is -3.84. The van der Waals surface area contributed by atoms with E-state index in [0.717, 1.165) is 31.0 Å². The molecule has 2 aromatic rings. The monoisotopic (exact) mass is 637 g/mol. The minimum Gasteiger partial charge on any atom is -0.458 e. The van der Waals surface area contributed by atoms with Crippen LogP contribution in [0.3, 0.4) is 0 Å². The van der Waals surface area contributed by atoms with Crippen molar-refractivity contribution in [1.29, 1.82) is 0 Å². The number of halogens is 2. The minimum atomic E-state index is -3.84. The molecule has 0 heterocycles. The van der Waals surface area contributed by atoms with Crippen molar-refractivity contribution >= 4 is 21.9 Å². The van der Waals surface area contributed by atoms with E-state index in [-0.39, 0.29) is 25.1 Å². The van der Waals surface area contributed by atoms with Gasteiger partial charge in [0.15, 0.2) is 9.84 Å². The Morgan fingerprint density at radius 2 is 1.64 bits per heavy atom. The second kappa shape index (κ2) is 17.4. The lowest BCUT2D eigenvalue weighted by atomic mass is 10.0. The minimum absolute atomic E-state index is 0.0116. The van der Waals surface area contributed by atoms with Crippen LogP contribution in [0.4, 0.5) is 13.6 Å². The lowest BCUT2D eigenvalue weighted by Gasteiger charge is -2.28. The molecule has 0 unspecified atom stereocenters. The Labute approximate surface area is 259 Å². The molecule has 44 heavy (non-hydrogen) atoms. The van der Waals surface area contributed by atoms with Gasteiger partial charge in [-0.15, -0.1) is 0 Å². The molecule has 0 saturated heterocycles. The number of carbonyl (C=O) groups excluding carboxylic acids is 2. The number of sulfone groups is 1. The third-order valence-corrected chi connectivity index (χ3v) is 9.82. The molecule has 2 aromatic carbocycles. The third kappa shape index (κ3) is 12.1. The maximum absolute atomic E-state index is 13.8. The van der Waals surface area contributed by atoms with Gasteiger partial charge in [0.1, 0.15) is 30.4 Å². The van der Waals surface area contributed by atoms with Crippen LogP contribution in [0.2, 0.25) is 0 Å².